The van der Waals surface area contributed by atoms with Crippen LogP contribution in [0.25, 0.3) is 0 Å². The van der Waals surface area contributed by atoms with Gasteiger partial charge in [-0.2, -0.15) is 0 Å². The van der Waals surface area contributed by atoms with Crippen molar-refractivity contribution in [1.82, 2.24) is 0 Å². The summed E-state index contributed by atoms with van der Waals surface area (Å²) in [6, 6.07) is 0. The van der Waals surface area contributed by atoms with Crippen LogP contribution in [0.15, 0.2) is 0 Å². The van der Waals surface area contributed by atoms with Gasteiger partial charge in [0.15, 0.2) is 17.4 Å². The van der Waals surface area contributed by atoms with Crippen LogP contribution in [0.3, 0.4) is 0 Å². The Morgan fingerprint density at radius 1 is 0.400 bits per heavy atom. The predicted molar refractivity (Wildman–Crippen MR) is 46.8 cm³/mol. The topological polar surface area (TPSA) is 252 Å². The molecule has 10 heteroatoms. The molecule has 0 aromatic carbocycles. The third-order valence-electron chi connectivity index (χ3n) is 0. The molecule has 0 aromatic rings. The summed E-state index contributed by atoms with van der Waals surface area (Å²) < 4.78 is 0. The van der Waals surface area contributed by atoms with E-state index in [4.69, 9.17) is 0 Å². The maximum Gasteiger partial charge on any atom is 2.00 e. The van der Waals surface area contributed by atoms with E-state index in [9.17, 15) is 0 Å². The van der Waals surface area contributed by atoms with Crippen LogP contribution in [0.4, 0.5) is 0 Å². The molecular formula is H21AlCaO8. The zero-order chi connectivity index (χ0) is 0. The second-order valence-corrected chi connectivity index (χ2v) is 0. The molecule has 0 fully saturated rings. The van der Waals surface area contributed by atoms with E-state index in [0.29, 0.717) is 0 Å². The normalized spacial score (nSPS) is 0. The van der Waals surface area contributed by atoms with Crippen molar-refractivity contribution in [3.8, 4) is 0 Å². The molecule has 0 bridgehead atoms. The minimum Gasteiger partial charge on any atom is -1.00 e. The van der Waals surface area contributed by atoms with E-state index in [1.165, 1.54) is 0 Å². The number of rotatable bonds is 0. The summed E-state index contributed by atoms with van der Waals surface area (Å²) >= 11 is 0. The molecule has 0 saturated heterocycles. The molecular weight excluding hydrogens is 195 g/mol. The molecule has 0 aromatic heterocycles. The Morgan fingerprint density at radius 2 is 0.400 bits per heavy atom. The Kier molecular flexibility index (Phi) is 25200. The summed E-state index contributed by atoms with van der Waals surface area (Å²) in [6.07, 6.45) is 0. The smallest absolute Gasteiger partial charge is 1.00 e. The fourth-order valence-electron chi connectivity index (χ4n) is 0. The molecule has 0 aliphatic heterocycles. The van der Waals surface area contributed by atoms with Gasteiger partial charge in [0.05, 0.1) is 0 Å². The quantitative estimate of drug-likeness (QED) is 0.341. The number of hydrogen-bond acceptors (Lipinski definition) is 0. The van der Waals surface area contributed by atoms with Crippen molar-refractivity contribution < 1.29 is 46.7 Å². The maximum absolute atomic E-state index is 0. The monoisotopic (exact) mass is 216 g/mol. The van der Waals surface area contributed by atoms with Gasteiger partial charge < -0.3 is 46.7 Å². The van der Waals surface area contributed by atoms with Crippen LogP contribution in [0.5, 0.6) is 0 Å². The zero-order valence-corrected chi connectivity index (χ0v) is 6.92. The summed E-state index contributed by atoms with van der Waals surface area (Å²) in [4.78, 5) is 0. The molecule has 0 spiro atoms. The fourth-order valence-corrected chi connectivity index (χ4v) is 0. The SMILES string of the molecule is O.O.O.O.O.O.O.O.[AlH3].[Ca+2].[H-].[H-]. The molecule has 0 aliphatic carbocycles. The molecule has 0 rings (SSSR count). The molecule has 16 N–H and O–H groups in total. The summed E-state index contributed by atoms with van der Waals surface area (Å²) in [7, 11) is 0. The molecule has 0 saturated carbocycles. The van der Waals surface area contributed by atoms with Crippen LogP contribution in [0.2, 0.25) is 0 Å². The van der Waals surface area contributed by atoms with Crippen LogP contribution < -0.4 is 0 Å². The van der Waals surface area contributed by atoms with E-state index in [-0.39, 0.29) is 102 Å². The van der Waals surface area contributed by atoms with Crippen LogP contribution in [-0.2, 0) is 0 Å². The minimum atomic E-state index is 0. The van der Waals surface area contributed by atoms with Crippen molar-refractivity contribution >= 4 is 55.1 Å². The Labute approximate surface area is 101 Å². The van der Waals surface area contributed by atoms with Gasteiger partial charge in [0, 0.05) is 0 Å². The standard InChI is InChI=1S/Al.Ca.8H2O.5H/h;;8*1H2;;;;;/q;+2;;;;;;;;;;;;2*-1. The molecule has 0 atom stereocenters. The first-order chi connectivity index (χ1) is 0. The molecule has 0 aliphatic rings. The molecule has 8 nitrogen and oxygen atoms in total. The van der Waals surface area contributed by atoms with Crippen molar-refractivity contribution in [2.24, 2.45) is 0 Å². The summed E-state index contributed by atoms with van der Waals surface area (Å²) in [5, 5.41) is 0. The second kappa shape index (κ2) is 434. The predicted octanol–water partition coefficient (Wildman–Crippen LogP) is -7.94. The van der Waals surface area contributed by atoms with Crippen molar-refractivity contribution in [2.75, 3.05) is 0 Å². The Morgan fingerprint density at radius 3 is 0.400 bits per heavy atom. The van der Waals surface area contributed by atoms with Crippen molar-refractivity contribution in [1.29, 1.82) is 0 Å². The molecule has 0 heterocycles. The van der Waals surface area contributed by atoms with Gasteiger partial charge in [-0.1, -0.05) is 0 Å². The molecule has 74 valence electrons. The Bertz CT molecular complexity index is 17.0. The first-order valence-corrected chi connectivity index (χ1v) is 0. The largest absolute Gasteiger partial charge is 2.00 e. The Hall–Kier alpha value is 1.47. The van der Waals surface area contributed by atoms with Gasteiger partial charge in [0.1, 0.15) is 0 Å². The van der Waals surface area contributed by atoms with E-state index in [1.54, 1.807) is 0 Å². The second-order valence-electron chi connectivity index (χ2n) is 0. The third kappa shape index (κ3) is 314. The van der Waals surface area contributed by atoms with Gasteiger partial charge in [0.25, 0.3) is 0 Å². The van der Waals surface area contributed by atoms with E-state index in [2.05, 4.69) is 0 Å². The van der Waals surface area contributed by atoms with E-state index < -0.39 is 0 Å². The summed E-state index contributed by atoms with van der Waals surface area (Å²) in [6.45, 7) is 0. The van der Waals surface area contributed by atoms with Crippen LogP contribution >= 0.6 is 0 Å². The van der Waals surface area contributed by atoms with E-state index in [1.807, 2.05) is 0 Å². The summed E-state index contributed by atoms with van der Waals surface area (Å²) in [5.74, 6) is 0. The van der Waals surface area contributed by atoms with Gasteiger partial charge in [-0.3, -0.25) is 0 Å². The average Bonchev–Trinajstić information content (AvgIpc) is 0. The fraction of sp³-hybridized carbons (Fsp3) is 0. The maximum atomic E-state index is 0. The zero-order valence-electron chi connectivity index (χ0n) is 6.71. The average molecular weight is 216 g/mol. The van der Waals surface area contributed by atoms with Crippen molar-refractivity contribution in [2.45, 2.75) is 0 Å². The van der Waals surface area contributed by atoms with E-state index >= 15 is 0 Å². The first kappa shape index (κ1) is 580. The molecule has 0 unspecified atom stereocenters. The molecule has 0 radical (unpaired) electrons. The minimum absolute atomic E-state index is 0. The third-order valence-corrected chi connectivity index (χ3v) is 0. The van der Waals surface area contributed by atoms with Crippen LogP contribution in [0, 0.1) is 0 Å². The molecule has 10 heavy (non-hydrogen) atoms. The first-order valence-electron chi connectivity index (χ1n) is 0. The van der Waals surface area contributed by atoms with Crippen molar-refractivity contribution in [3.63, 3.8) is 0 Å². The van der Waals surface area contributed by atoms with Crippen molar-refractivity contribution in [3.05, 3.63) is 0 Å². The van der Waals surface area contributed by atoms with Gasteiger partial charge >= 0.3 is 37.7 Å². The van der Waals surface area contributed by atoms with Gasteiger partial charge in [-0.05, 0) is 0 Å². The van der Waals surface area contributed by atoms with Gasteiger partial charge in [-0.25, -0.2) is 0 Å². The summed E-state index contributed by atoms with van der Waals surface area (Å²) in [5.41, 5.74) is 0. The Balaban J connectivity index is 0. The van der Waals surface area contributed by atoms with Crippen LogP contribution in [0.1, 0.15) is 2.85 Å². The van der Waals surface area contributed by atoms with Crippen LogP contribution in [-0.4, -0.2) is 98.9 Å². The van der Waals surface area contributed by atoms with Gasteiger partial charge in [0.2, 0.25) is 0 Å². The van der Waals surface area contributed by atoms with Gasteiger partial charge in [-0.15, -0.1) is 0 Å². The van der Waals surface area contributed by atoms with E-state index in [0.717, 1.165) is 0 Å². The number of hydrogen-bond donors (Lipinski definition) is 0. The molecule has 0 amide bonds.